The van der Waals surface area contributed by atoms with Crippen LogP contribution in [-0.2, 0) is 16.2 Å². The molecule has 0 aromatic carbocycles. The molecule has 1 saturated carbocycles. The zero-order valence-electron chi connectivity index (χ0n) is 9.57. The molecule has 0 spiro atoms. The van der Waals surface area contributed by atoms with Crippen LogP contribution in [0, 0.1) is 0 Å². The van der Waals surface area contributed by atoms with E-state index in [9.17, 15) is 21.6 Å². The van der Waals surface area contributed by atoms with E-state index in [-0.39, 0.29) is 11.7 Å². The van der Waals surface area contributed by atoms with Gasteiger partial charge in [-0.15, -0.1) is 0 Å². The minimum Gasteiger partial charge on any atom is -0.359 e. The average molecular weight is 316 g/mol. The number of nitrogens with two attached hydrogens (primary N) is 1. The Labute approximate surface area is 111 Å². The number of alkyl halides is 3. The van der Waals surface area contributed by atoms with Gasteiger partial charge >= 0.3 is 6.18 Å². The molecular weight excluding hydrogens is 305 g/mol. The molecule has 3 N–H and O–H groups in total. The van der Waals surface area contributed by atoms with Crippen LogP contribution in [0.5, 0.6) is 0 Å². The van der Waals surface area contributed by atoms with Crippen LogP contribution in [0.1, 0.15) is 25.1 Å². The molecule has 11 heteroatoms. The van der Waals surface area contributed by atoms with Crippen molar-refractivity contribution in [3.63, 3.8) is 0 Å². The van der Waals surface area contributed by atoms with E-state index in [1.54, 1.807) is 0 Å². The van der Waals surface area contributed by atoms with Crippen molar-refractivity contribution in [3.8, 4) is 0 Å². The minimum absolute atomic E-state index is 0.0572. The standard InChI is InChI=1S/C8H11F3N4O2S2/c9-8(10,11)5-14-6(18-15-5)13-4-7(2-1-3-7)19(12,16)17/h1-4H2,(H2,12,16,17)(H,13,14,15). The van der Waals surface area contributed by atoms with Gasteiger partial charge < -0.3 is 5.32 Å². The molecule has 1 aliphatic carbocycles. The third-order valence-electron chi connectivity index (χ3n) is 3.11. The lowest BCUT2D eigenvalue weighted by Gasteiger charge is -2.39. The fourth-order valence-corrected chi connectivity index (χ4v) is 3.49. The lowest BCUT2D eigenvalue weighted by molar-refractivity contribution is -0.144. The summed E-state index contributed by atoms with van der Waals surface area (Å²) in [6.07, 6.45) is -3.10. The van der Waals surface area contributed by atoms with Gasteiger partial charge in [0.2, 0.25) is 21.0 Å². The van der Waals surface area contributed by atoms with Gasteiger partial charge in [-0.1, -0.05) is 6.42 Å². The highest BCUT2D eigenvalue weighted by atomic mass is 32.2. The van der Waals surface area contributed by atoms with E-state index in [1.165, 1.54) is 0 Å². The fourth-order valence-electron chi connectivity index (χ4n) is 1.78. The van der Waals surface area contributed by atoms with Gasteiger partial charge in [0, 0.05) is 18.1 Å². The molecule has 1 heterocycles. The van der Waals surface area contributed by atoms with Crippen molar-refractivity contribution >= 4 is 26.7 Å². The number of aromatic nitrogens is 2. The van der Waals surface area contributed by atoms with E-state index in [2.05, 4.69) is 14.7 Å². The summed E-state index contributed by atoms with van der Waals surface area (Å²) in [5.74, 6) is -1.24. The van der Waals surface area contributed by atoms with E-state index in [1.807, 2.05) is 0 Å². The largest absolute Gasteiger partial charge is 0.452 e. The lowest BCUT2D eigenvalue weighted by atomic mass is 9.84. The topological polar surface area (TPSA) is 98.0 Å². The zero-order valence-corrected chi connectivity index (χ0v) is 11.2. The second kappa shape index (κ2) is 4.56. The summed E-state index contributed by atoms with van der Waals surface area (Å²) in [7, 11) is -3.75. The minimum atomic E-state index is -4.61. The van der Waals surface area contributed by atoms with Gasteiger partial charge in [-0.2, -0.15) is 22.5 Å². The summed E-state index contributed by atoms with van der Waals surface area (Å²) in [6.45, 7) is -0.0572. The Balaban J connectivity index is 2.05. The second-order valence-electron chi connectivity index (χ2n) is 4.36. The third-order valence-corrected chi connectivity index (χ3v) is 5.54. The summed E-state index contributed by atoms with van der Waals surface area (Å²) in [6, 6.07) is 0. The molecule has 0 saturated heterocycles. The van der Waals surface area contributed by atoms with Crippen LogP contribution >= 0.6 is 11.5 Å². The van der Waals surface area contributed by atoms with Crippen LogP contribution in [0.2, 0.25) is 0 Å². The number of nitrogens with zero attached hydrogens (tertiary/aromatic N) is 2. The van der Waals surface area contributed by atoms with E-state index < -0.39 is 26.8 Å². The molecule has 1 fully saturated rings. The molecular formula is C8H11F3N4O2S2. The Hall–Kier alpha value is -0.940. The Bertz CT molecular complexity index is 565. The maximum absolute atomic E-state index is 12.3. The monoisotopic (exact) mass is 316 g/mol. The molecule has 1 aromatic heterocycles. The highest BCUT2D eigenvalue weighted by Crippen LogP contribution is 2.38. The summed E-state index contributed by atoms with van der Waals surface area (Å²) < 4.78 is 61.8. The average Bonchev–Trinajstić information content (AvgIpc) is 2.61. The van der Waals surface area contributed by atoms with Crippen LogP contribution in [0.25, 0.3) is 0 Å². The van der Waals surface area contributed by atoms with Crippen molar-refractivity contribution < 1.29 is 21.6 Å². The SMILES string of the molecule is NS(=O)(=O)C1(CNc2nc(C(F)(F)F)ns2)CCC1. The predicted molar refractivity (Wildman–Crippen MR) is 63.1 cm³/mol. The molecule has 0 atom stereocenters. The fraction of sp³-hybridized carbons (Fsp3) is 0.750. The molecule has 6 nitrogen and oxygen atoms in total. The first-order valence-electron chi connectivity index (χ1n) is 5.31. The van der Waals surface area contributed by atoms with Crippen LogP contribution < -0.4 is 10.5 Å². The van der Waals surface area contributed by atoms with Crippen molar-refractivity contribution in [1.29, 1.82) is 0 Å². The Morgan fingerprint density at radius 3 is 2.42 bits per heavy atom. The highest BCUT2D eigenvalue weighted by molar-refractivity contribution is 7.90. The van der Waals surface area contributed by atoms with E-state index >= 15 is 0 Å². The quantitative estimate of drug-likeness (QED) is 0.869. The van der Waals surface area contributed by atoms with Gasteiger partial charge in [-0.05, 0) is 12.8 Å². The lowest BCUT2D eigenvalue weighted by Crippen LogP contribution is -2.53. The molecule has 0 unspecified atom stereocenters. The van der Waals surface area contributed by atoms with Gasteiger partial charge in [0.1, 0.15) is 4.75 Å². The van der Waals surface area contributed by atoms with Gasteiger partial charge in [0.15, 0.2) is 0 Å². The number of primary sulfonamides is 1. The molecule has 0 amide bonds. The van der Waals surface area contributed by atoms with Gasteiger partial charge in [0.25, 0.3) is 0 Å². The van der Waals surface area contributed by atoms with Crippen molar-refractivity contribution in [2.75, 3.05) is 11.9 Å². The van der Waals surface area contributed by atoms with Crippen molar-refractivity contribution in [3.05, 3.63) is 5.82 Å². The molecule has 2 rings (SSSR count). The van der Waals surface area contributed by atoms with E-state index in [4.69, 9.17) is 5.14 Å². The number of hydrogen-bond acceptors (Lipinski definition) is 6. The summed E-state index contributed by atoms with van der Waals surface area (Å²) in [4.78, 5) is 3.26. The first-order valence-corrected chi connectivity index (χ1v) is 7.63. The number of nitrogens with one attached hydrogen (secondary N) is 1. The molecule has 108 valence electrons. The number of halogens is 3. The summed E-state index contributed by atoms with van der Waals surface area (Å²) in [5, 5.41) is 7.64. The molecule has 0 bridgehead atoms. The van der Waals surface area contributed by atoms with Gasteiger partial charge in [-0.25, -0.2) is 13.6 Å². The van der Waals surface area contributed by atoms with Crippen LogP contribution in [0.15, 0.2) is 0 Å². The van der Waals surface area contributed by atoms with Crippen molar-refractivity contribution in [2.24, 2.45) is 5.14 Å². The highest BCUT2D eigenvalue weighted by Gasteiger charge is 2.47. The smallest absolute Gasteiger partial charge is 0.359 e. The summed E-state index contributed by atoms with van der Waals surface area (Å²) in [5.41, 5.74) is 0. The first kappa shape index (κ1) is 14.5. The molecule has 1 aromatic rings. The maximum Gasteiger partial charge on any atom is 0.452 e. The first-order chi connectivity index (χ1) is 8.64. The van der Waals surface area contributed by atoms with E-state index in [0.29, 0.717) is 24.4 Å². The Morgan fingerprint density at radius 2 is 2.05 bits per heavy atom. The molecule has 0 aliphatic heterocycles. The zero-order chi connectivity index (χ0) is 14.3. The van der Waals surface area contributed by atoms with Crippen molar-refractivity contribution in [1.82, 2.24) is 9.36 Å². The number of hydrogen-bond donors (Lipinski definition) is 2. The summed E-state index contributed by atoms with van der Waals surface area (Å²) >= 11 is 0.534. The predicted octanol–water partition coefficient (Wildman–Crippen LogP) is 1.18. The Kier molecular flexibility index (Phi) is 3.47. The van der Waals surface area contributed by atoms with Gasteiger partial charge in [-0.3, -0.25) is 0 Å². The maximum atomic E-state index is 12.3. The van der Waals surface area contributed by atoms with Crippen LogP contribution in [0.4, 0.5) is 18.3 Å². The number of rotatable bonds is 4. The normalized spacial score (nSPS) is 18.9. The molecule has 0 radical (unpaired) electrons. The third kappa shape index (κ3) is 2.82. The van der Waals surface area contributed by atoms with Crippen LogP contribution in [-0.4, -0.2) is 29.1 Å². The second-order valence-corrected chi connectivity index (χ2v) is 7.06. The Morgan fingerprint density at radius 1 is 1.42 bits per heavy atom. The van der Waals surface area contributed by atoms with Crippen molar-refractivity contribution in [2.45, 2.75) is 30.2 Å². The number of sulfonamides is 1. The van der Waals surface area contributed by atoms with E-state index in [0.717, 1.165) is 6.42 Å². The molecule has 1 aliphatic rings. The van der Waals surface area contributed by atoms with Gasteiger partial charge in [0.05, 0.1) is 0 Å². The number of anilines is 1. The van der Waals surface area contributed by atoms with Crippen LogP contribution in [0.3, 0.4) is 0 Å². The molecule has 19 heavy (non-hydrogen) atoms.